The van der Waals surface area contributed by atoms with Crippen LogP contribution in [0.1, 0.15) is 6.42 Å². The van der Waals surface area contributed by atoms with Crippen molar-refractivity contribution in [3.05, 3.63) is 12.7 Å². The van der Waals surface area contributed by atoms with Crippen molar-refractivity contribution < 1.29 is 19.8 Å². The van der Waals surface area contributed by atoms with E-state index in [4.69, 9.17) is 10.2 Å². The Bertz CT molecular complexity index is 144. The van der Waals surface area contributed by atoms with Gasteiger partial charge in [-0.3, -0.25) is 4.79 Å². The van der Waals surface area contributed by atoms with Crippen LogP contribution in [-0.2, 0) is 9.59 Å². The summed E-state index contributed by atoms with van der Waals surface area (Å²) in [5.74, 6) is -1.34. The lowest BCUT2D eigenvalue weighted by Crippen LogP contribution is -1.93. The molecule has 11 heavy (non-hydrogen) atoms. The first-order valence-electron chi connectivity index (χ1n) is 2.72. The molecule has 0 atom stereocenters. The topological polar surface area (TPSA) is 74.6 Å². The molecule has 0 bridgehead atoms. The summed E-state index contributed by atoms with van der Waals surface area (Å²) in [6.45, 7) is 2.96. The molecule has 5 heteroatoms. The SMILES string of the molecule is C=CC(=O)O.O=C(O)CCS. The van der Waals surface area contributed by atoms with E-state index in [1.807, 2.05) is 0 Å². The van der Waals surface area contributed by atoms with Gasteiger partial charge >= 0.3 is 11.9 Å². The van der Waals surface area contributed by atoms with Gasteiger partial charge in [0, 0.05) is 11.8 Å². The van der Waals surface area contributed by atoms with E-state index >= 15 is 0 Å². The number of carboxylic acid groups (broad SMARTS) is 2. The molecular formula is C6H10O4S. The highest BCUT2D eigenvalue weighted by atomic mass is 32.1. The lowest BCUT2D eigenvalue weighted by molar-refractivity contribution is -0.136. The highest BCUT2D eigenvalue weighted by molar-refractivity contribution is 7.80. The average Bonchev–Trinajstić information content (AvgIpc) is 1.89. The van der Waals surface area contributed by atoms with E-state index in [2.05, 4.69) is 19.2 Å². The van der Waals surface area contributed by atoms with E-state index in [9.17, 15) is 9.59 Å². The summed E-state index contributed by atoms with van der Waals surface area (Å²) in [6, 6.07) is 0. The first-order chi connectivity index (χ1) is 5.04. The van der Waals surface area contributed by atoms with Gasteiger partial charge in [-0.15, -0.1) is 0 Å². The van der Waals surface area contributed by atoms with Crippen LogP contribution in [0.15, 0.2) is 12.7 Å². The van der Waals surface area contributed by atoms with Crippen LogP contribution in [0.2, 0.25) is 0 Å². The predicted octanol–water partition coefficient (Wildman–Crippen LogP) is 0.648. The minimum Gasteiger partial charge on any atom is -0.481 e. The fraction of sp³-hybridized carbons (Fsp3) is 0.333. The molecule has 0 aromatic rings. The lowest BCUT2D eigenvalue weighted by Gasteiger charge is -1.79. The van der Waals surface area contributed by atoms with Crippen molar-refractivity contribution >= 4 is 24.6 Å². The molecule has 0 aromatic carbocycles. The van der Waals surface area contributed by atoms with Crippen LogP contribution in [0.25, 0.3) is 0 Å². The molecule has 0 amide bonds. The minimum absolute atomic E-state index is 0.156. The van der Waals surface area contributed by atoms with Crippen LogP contribution in [0.3, 0.4) is 0 Å². The molecule has 0 aliphatic rings. The van der Waals surface area contributed by atoms with Gasteiger partial charge in [-0.05, 0) is 0 Å². The number of carbonyl (C=O) groups is 2. The summed E-state index contributed by atoms with van der Waals surface area (Å²) in [5, 5.41) is 15.5. The van der Waals surface area contributed by atoms with Crippen LogP contribution < -0.4 is 0 Å². The second-order valence-corrected chi connectivity index (χ2v) is 1.86. The molecule has 0 unspecified atom stereocenters. The molecule has 0 radical (unpaired) electrons. The maximum atomic E-state index is 9.55. The molecule has 0 saturated heterocycles. The molecule has 0 aromatic heterocycles. The number of hydrogen-bond donors (Lipinski definition) is 3. The third-order valence-corrected chi connectivity index (χ3v) is 0.724. The minimum atomic E-state index is -0.981. The summed E-state index contributed by atoms with van der Waals surface area (Å²) in [5.41, 5.74) is 0. The monoisotopic (exact) mass is 178 g/mol. The Balaban J connectivity index is 0. The Morgan fingerprint density at radius 1 is 1.45 bits per heavy atom. The molecule has 0 spiro atoms. The van der Waals surface area contributed by atoms with E-state index in [-0.39, 0.29) is 6.42 Å². The smallest absolute Gasteiger partial charge is 0.327 e. The van der Waals surface area contributed by atoms with Crippen molar-refractivity contribution in [2.75, 3.05) is 5.75 Å². The van der Waals surface area contributed by atoms with Crippen LogP contribution in [-0.4, -0.2) is 27.9 Å². The number of rotatable bonds is 3. The molecule has 64 valence electrons. The Kier molecular flexibility index (Phi) is 10.4. The molecule has 2 N–H and O–H groups in total. The number of hydrogen-bond acceptors (Lipinski definition) is 3. The second-order valence-electron chi connectivity index (χ2n) is 1.41. The molecule has 0 aliphatic heterocycles. The number of thiol groups is 1. The van der Waals surface area contributed by atoms with E-state index in [0.29, 0.717) is 5.75 Å². The molecule has 0 rings (SSSR count). The summed E-state index contributed by atoms with van der Waals surface area (Å²) in [6.07, 6.45) is 0.989. The van der Waals surface area contributed by atoms with Gasteiger partial charge in [-0.2, -0.15) is 12.6 Å². The quantitative estimate of drug-likeness (QED) is 0.438. The molecule has 4 nitrogen and oxygen atoms in total. The molecule has 0 fully saturated rings. The highest BCUT2D eigenvalue weighted by Gasteiger charge is 1.88. The molecular weight excluding hydrogens is 168 g/mol. The van der Waals surface area contributed by atoms with Gasteiger partial charge in [0.15, 0.2) is 0 Å². The van der Waals surface area contributed by atoms with E-state index in [0.717, 1.165) is 6.08 Å². The molecule has 0 saturated carbocycles. The summed E-state index contributed by atoms with van der Waals surface area (Å²) >= 11 is 3.68. The van der Waals surface area contributed by atoms with Crippen LogP contribution in [0, 0.1) is 0 Å². The largest absolute Gasteiger partial charge is 0.481 e. The highest BCUT2D eigenvalue weighted by Crippen LogP contribution is 1.79. The van der Waals surface area contributed by atoms with Crippen molar-refractivity contribution in [2.24, 2.45) is 0 Å². The van der Waals surface area contributed by atoms with Crippen molar-refractivity contribution in [1.82, 2.24) is 0 Å². The first kappa shape index (κ1) is 12.7. The van der Waals surface area contributed by atoms with Crippen LogP contribution in [0.4, 0.5) is 0 Å². The fourth-order valence-corrected chi connectivity index (χ4v) is 0.287. The van der Waals surface area contributed by atoms with Gasteiger partial charge in [-0.25, -0.2) is 4.79 Å². The van der Waals surface area contributed by atoms with E-state index in [1.54, 1.807) is 0 Å². The Morgan fingerprint density at radius 2 is 1.82 bits per heavy atom. The Morgan fingerprint density at radius 3 is 1.82 bits per heavy atom. The molecule has 0 heterocycles. The summed E-state index contributed by atoms with van der Waals surface area (Å²) in [4.78, 5) is 18.8. The van der Waals surface area contributed by atoms with Gasteiger partial charge in [0.1, 0.15) is 0 Å². The lowest BCUT2D eigenvalue weighted by atomic mass is 10.5. The van der Waals surface area contributed by atoms with Crippen molar-refractivity contribution in [2.45, 2.75) is 6.42 Å². The van der Waals surface area contributed by atoms with Gasteiger partial charge < -0.3 is 10.2 Å². The maximum Gasteiger partial charge on any atom is 0.327 e. The zero-order valence-electron chi connectivity index (χ0n) is 5.86. The standard InChI is InChI=1S/C3H6O2S.C3H4O2/c4-3(5)1-2-6;1-2-3(4)5/h6H,1-2H2,(H,4,5);2H,1H2,(H,4,5). The van der Waals surface area contributed by atoms with Crippen molar-refractivity contribution in [3.63, 3.8) is 0 Å². The van der Waals surface area contributed by atoms with Gasteiger partial charge in [0.2, 0.25) is 0 Å². The van der Waals surface area contributed by atoms with Gasteiger partial charge in [0.25, 0.3) is 0 Å². The van der Waals surface area contributed by atoms with E-state index in [1.165, 1.54) is 0 Å². The van der Waals surface area contributed by atoms with Gasteiger partial charge in [0.05, 0.1) is 6.42 Å². The Hall–Kier alpha value is -0.970. The van der Waals surface area contributed by atoms with Crippen LogP contribution in [0.5, 0.6) is 0 Å². The Labute approximate surface area is 69.9 Å². The number of carboxylic acids is 2. The maximum absolute atomic E-state index is 9.55. The first-order valence-corrected chi connectivity index (χ1v) is 3.35. The fourth-order valence-electron chi connectivity index (χ4n) is 0.0956. The van der Waals surface area contributed by atoms with Crippen molar-refractivity contribution in [1.29, 1.82) is 0 Å². The van der Waals surface area contributed by atoms with Crippen LogP contribution >= 0.6 is 12.6 Å². The number of aliphatic carboxylic acids is 2. The summed E-state index contributed by atoms with van der Waals surface area (Å²) in [7, 11) is 0. The zero-order valence-corrected chi connectivity index (χ0v) is 6.75. The average molecular weight is 178 g/mol. The van der Waals surface area contributed by atoms with Gasteiger partial charge in [-0.1, -0.05) is 6.58 Å². The van der Waals surface area contributed by atoms with Crippen molar-refractivity contribution in [3.8, 4) is 0 Å². The second kappa shape index (κ2) is 9.03. The molecule has 0 aliphatic carbocycles. The zero-order chi connectivity index (χ0) is 9.28. The third kappa shape index (κ3) is 27.5. The van der Waals surface area contributed by atoms with E-state index < -0.39 is 11.9 Å². The normalized spacial score (nSPS) is 7.36. The third-order valence-electron chi connectivity index (χ3n) is 0.500. The summed E-state index contributed by atoms with van der Waals surface area (Å²) < 4.78 is 0. The predicted molar refractivity (Wildman–Crippen MR) is 43.9 cm³/mol.